The molecule has 0 saturated heterocycles. The number of halogens is 3. The number of aryl methyl sites for hydroxylation is 2. The van der Waals surface area contributed by atoms with Crippen LogP contribution >= 0.6 is 33.9 Å². The van der Waals surface area contributed by atoms with E-state index in [0.717, 1.165) is 29.1 Å². The normalized spacial score (nSPS) is 14.1. The molecular formula is C39H43Cl3N4O6S2. The van der Waals surface area contributed by atoms with Crippen LogP contribution in [0.4, 0.5) is 22.7 Å². The van der Waals surface area contributed by atoms with Crippen LogP contribution in [-0.2, 0) is 28.7 Å². The first-order chi connectivity index (χ1) is 24.9. The molecule has 0 aliphatic heterocycles. The van der Waals surface area contributed by atoms with Gasteiger partial charge in [-0.3, -0.25) is 14.3 Å². The summed E-state index contributed by atoms with van der Waals surface area (Å²) in [6.45, 7) is 7.07. The molecule has 0 amide bonds. The first-order valence-electron chi connectivity index (χ1n) is 16.3. The zero-order valence-electron chi connectivity index (χ0n) is 29.4. The smallest absolute Gasteiger partial charge is 0.262 e. The molecule has 2 aliphatic rings. The fourth-order valence-electron chi connectivity index (χ4n) is 5.41. The van der Waals surface area contributed by atoms with Crippen molar-refractivity contribution in [1.82, 2.24) is 0 Å². The van der Waals surface area contributed by atoms with Gasteiger partial charge >= 0.3 is 0 Å². The largest absolute Gasteiger partial charge is 0.399 e. The van der Waals surface area contributed by atoms with Crippen LogP contribution in [0.5, 0.6) is 0 Å². The Morgan fingerprint density at radius 2 is 1.06 bits per heavy atom. The average molecular weight is 834 g/mol. The predicted molar refractivity (Wildman–Crippen MR) is 221 cm³/mol. The predicted octanol–water partition coefficient (Wildman–Crippen LogP) is 10.0. The Bertz CT molecular complexity index is 2340. The van der Waals surface area contributed by atoms with Crippen molar-refractivity contribution in [3.8, 4) is 0 Å². The first-order valence-corrected chi connectivity index (χ1v) is 20.9. The van der Waals surface area contributed by atoms with Gasteiger partial charge in [0, 0.05) is 51.8 Å². The second kappa shape index (κ2) is 18.8. The van der Waals surface area contributed by atoms with Crippen molar-refractivity contribution in [2.45, 2.75) is 70.6 Å². The Morgan fingerprint density at radius 1 is 0.611 bits per heavy atom. The SMILES string of the molecule is C.CC1=C(Nc2ccc(N)cc2Cl)CCC1=O.CC1=C(Nc2ccc(NS(=O)(=O)c3ccccc3C)cc2Cl)CCC1=O.Cc1ccccc1S(=O)(=O)Cl. The number of Topliss-reactive ketones (excluding diaryl/α,β-unsaturated/α-hetero) is 2. The minimum Gasteiger partial charge on any atom is -0.399 e. The van der Waals surface area contributed by atoms with Crippen molar-refractivity contribution in [2.75, 3.05) is 21.1 Å². The molecule has 0 fully saturated rings. The summed E-state index contributed by atoms with van der Waals surface area (Å²) in [7, 11) is -2.12. The Labute approximate surface area is 332 Å². The van der Waals surface area contributed by atoms with Crippen molar-refractivity contribution in [2.24, 2.45) is 0 Å². The van der Waals surface area contributed by atoms with E-state index in [-0.39, 0.29) is 28.8 Å². The number of hydrogen-bond acceptors (Lipinski definition) is 9. The molecule has 0 atom stereocenters. The number of ketones is 2. The molecular weight excluding hydrogens is 791 g/mol. The summed E-state index contributed by atoms with van der Waals surface area (Å²) in [6.07, 6.45) is 2.49. The number of benzene rings is 4. The van der Waals surface area contributed by atoms with E-state index in [9.17, 15) is 26.4 Å². The summed E-state index contributed by atoms with van der Waals surface area (Å²) >= 11 is 12.3. The highest BCUT2D eigenvalue weighted by atomic mass is 35.7. The van der Waals surface area contributed by atoms with Crippen molar-refractivity contribution in [3.05, 3.63) is 129 Å². The van der Waals surface area contributed by atoms with Crippen LogP contribution in [0, 0.1) is 13.8 Å². The fraction of sp³-hybridized carbons (Fsp3) is 0.231. The molecule has 5 N–H and O–H groups in total. The van der Waals surface area contributed by atoms with Crippen LogP contribution in [0.15, 0.2) is 117 Å². The molecule has 0 heterocycles. The third-order valence-corrected chi connectivity index (χ3v) is 12.1. The van der Waals surface area contributed by atoms with Crippen molar-refractivity contribution in [3.63, 3.8) is 0 Å². The number of carbonyl (C=O) groups excluding carboxylic acids is 2. The Morgan fingerprint density at radius 3 is 1.44 bits per heavy atom. The third-order valence-electron chi connectivity index (χ3n) is 8.47. The molecule has 0 aromatic heterocycles. The second-order valence-electron chi connectivity index (χ2n) is 12.3. The zero-order valence-corrected chi connectivity index (χ0v) is 33.3. The lowest BCUT2D eigenvalue weighted by atomic mass is 10.2. The third kappa shape index (κ3) is 11.6. The van der Waals surface area contributed by atoms with E-state index in [4.69, 9.17) is 39.6 Å². The Balaban J connectivity index is 0.000000238. The number of sulfonamides is 1. The lowest BCUT2D eigenvalue weighted by Gasteiger charge is -2.13. The van der Waals surface area contributed by atoms with E-state index < -0.39 is 19.1 Å². The van der Waals surface area contributed by atoms with Crippen LogP contribution in [-0.4, -0.2) is 28.4 Å². The second-order valence-corrected chi connectivity index (χ2v) is 17.3. The molecule has 0 spiro atoms. The van der Waals surface area contributed by atoms with Crippen molar-refractivity contribution < 1.29 is 26.4 Å². The molecule has 15 heteroatoms. The van der Waals surface area contributed by atoms with Crippen LogP contribution in [0.25, 0.3) is 0 Å². The Hall–Kier alpha value is -4.33. The van der Waals surface area contributed by atoms with E-state index in [1.54, 1.807) is 93.6 Å². The number of carbonyl (C=O) groups is 2. The maximum atomic E-state index is 12.6. The van der Waals surface area contributed by atoms with Gasteiger partial charge in [-0.05, 0) is 100 Å². The van der Waals surface area contributed by atoms with Gasteiger partial charge in [0.2, 0.25) is 0 Å². The number of allylic oxidation sites excluding steroid dienone is 4. The lowest BCUT2D eigenvalue weighted by molar-refractivity contribution is -0.115. The number of nitrogens with one attached hydrogen (secondary N) is 3. The summed E-state index contributed by atoms with van der Waals surface area (Å²) < 4.78 is 49.3. The van der Waals surface area contributed by atoms with Gasteiger partial charge in [0.15, 0.2) is 11.6 Å². The highest BCUT2D eigenvalue weighted by molar-refractivity contribution is 8.13. The minimum absolute atomic E-state index is 0. The number of rotatable bonds is 8. The molecule has 0 bridgehead atoms. The van der Waals surface area contributed by atoms with Gasteiger partial charge in [-0.25, -0.2) is 16.8 Å². The van der Waals surface area contributed by atoms with Gasteiger partial charge in [0.1, 0.15) is 0 Å². The highest BCUT2D eigenvalue weighted by Crippen LogP contribution is 2.32. The molecule has 0 unspecified atom stereocenters. The minimum atomic E-state index is -3.70. The number of hydrogen-bond donors (Lipinski definition) is 4. The van der Waals surface area contributed by atoms with Crippen molar-refractivity contribution >= 4 is 87.3 Å². The average Bonchev–Trinajstić information content (AvgIpc) is 3.58. The summed E-state index contributed by atoms with van der Waals surface area (Å²) in [5.41, 5.74) is 12.7. The molecule has 10 nitrogen and oxygen atoms in total. The van der Waals surface area contributed by atoms with Crippen molar-refractivity contribution in [1.29, 1.82) is 0 Å². The zero-order chi connectivity index (χ0) is 39.1. The quantitative estimate of drug-likeness (QED) is 0.0999. The van der Waals surface area contributed by atoms with E-state index >= 15 is 0 Å². The van der Waals surface area contributed by atoms with Crippen LogP contribution in [0.1, 0.15) is 58.1 Å². The van der Waals surface area contributed by atoms with Crippen LogP contribution in [0.2, 0.25) is 10.0 Å². The monoisotopic (exact) mass is 832 g/mol. The first kappa shape index (κ1) is 44.1. The standard InChI is InChI=1S/C19H19ClN2O3S.C12H13ClN2O.C7H7ClO2S.CH4/c1-12-5-3-4-6-19(12)26(24,25)22-14-7-8-17(15(20)11-14)21-16-9-10-18(23)13(16)2;1-7-10(4-5-12(7)16)15-11-3-2-8(14)6-9(11)13;1-6-4-2-3-5-7(6)11(8,9)10;/h3-8,11,21-22H,9-10H2,1-2H3;2-3,6,15H,4-5,14H2,1H3;2-5H,1H3;1H4. The summed E-state index contributed by atoms with van der Waals surface area (Å²) in [5, 5.41) is 7.30. The van der Waals surface area contributed by atoms with Gasteiger partial charge < -0.3 is 16.4 Å². The topological polar surface area (TPSA) is 165 Å². The molecule has 54 heavy (non-hydrogen) atoms. The lowest BCUT2D eigenvalue weighted by Crippen LogP contribution is -2.14. The summed E-state index contributed by atoms with van der Waals surface area (Å²) in [5.74, 6) is 0.334. The molecule has 0 saturated carbocycles. The highest BCUT2D eigenvalue weighted by Gasteiger charge is 2.21. The van der Waals surface area contributed by atoms with E-state index in [0.29, 0.717) is 63.1 Å². The molecule has 4 aromatic rings. The number of nitrogens with two attached hydrogens (primary N) is 1. The maximum Gasteiger partial charge on any atom is 0.262 e. The van der Waals surface area contributed by atoms with Gasteiger partial charge in [-0.2, -0.15) is 0 Å². The number of anilines is 4. The van der Waals surface area contributed by atoms with E-state index in [2.05, 4.69) is 15.4 Å². The maximum absolute atomic E-state index is 12.6. The summed E-state index contributed by atoms with van der Waals surface area (Å²) in [6, 6.07) is 23.5. The van der Waals surface area contributed by atoms with Gasteiger partial charge in [-0.15, -0.1) is 0 Å². The fourth-order valence-corrected chi connectivity index (χ4v) is 8.39. The van der Waals surface area contributed by atoms with Gasteiger partial charge in [0.05, 0.1) is 36.9 Å². The molecule has 4 aromatic carbocycles. The molecule has 2 aliphatic carbocycles. The summed E-state index contributed by atoms with van der Waals surface area (Å²) in [4.78, 5) is 23.4. The van der Waals surface area contributed by atoms with Crippen LogP contribution in [0.3, 0.4) is 0 Å². The van der Waals surface area contributed by atoms with E-state index in [1.165, 1.54) is 6.07 Å². The number of nitrogen functional groups attached to an aromatic ring is 1. The molecule has 288 valence electrons. The Kier molecular flexibility index (Phi) is 15.4. The van der Waals surface area contributed by atoms with E-state index in [1.807, 2.05) is 13.0 Å². The van der Waals surface area contributed by atoms with Gasteiger partial charge in [-0.1, -0.05) is 67.0 Å². The van der Waals surface area contributed by atoms with Gasteiger partial charge in [0.25, 0.3) is 19.1 Å². The van der Waals surface area contributed by atoms with Crippen LogP contribution < -0.4 is 21.1 Å². The molecule has 6 rings (SSSR count). The molecule has 0 radical (unpaired) electrons.